The molecular weight excluding hydrogens is 353 g/mol. The first-order valence-corrected chi connectivity index (χ1v) is 7.85. The fourth-order valence-corrected chi connectivity index (χ4v) is 2.41. The van der Waals surface area contributed by atoms with Crippen LogP contribution in [0.4, 0.5) is 11.4 Å². The van der Waals surface area contributed by atoms with E-state index in [9.17, 15) is 14.9 Å². The van der Waals surface area contributed by atoms with Crippen LogP contribution in [-0.4, -0.2) is 16.9 Å². The van der Waals surface area contributed by atoms with Crippen LogP contribution in [0.1, 0.15) is 12.5 Å². The van der Waals surface area contributed by atoms with E-state index in [1.807, 2.05) is 18.2 Å². The molecule has 0 saturated heterocycles. The van der Waals surface area contributed by atoms with Gasteiger partial charge in [-0.05, 0) is 30.7 Å². The standard InChI is InChI=1S/C16H15Cl2N3O3/c1-10(19-9-11-3-2-4-12(17)7-11)16(22)20-15-6-5-13(21(23)24)8-14(15)18/h2-8,10,19H,9H2,1H3,(H,20,22). The van der Waals surface area contributed by atoms with Gasteiger partial charge >= 0.3 is 0 Å². The second-order valence-corrected chi connectivity index (χ2v) is 5.99. The average molecular weight is 368 g/mol. The lowest BCUT2D eigenvalue weighted by molar-refractivity contribution is -0.384. The van der Waals surface area contributed by atoms with E-state index in [2.05, 4.69) is 10.6 Å². The molecule has 2 rings (SSSR count). The van der Waals surface area contributed by atoms with E-state index in [0.717, 1.165) is 5.56 Å². The minimum absolute atomic E-state index is 0.111. The van der Waals surface area contributed by atoms with Crippen molar-refractivity contribution in [1.29, 1.82) is 0 Å². The molecule has 2 aromatic rings. The highest BCUT2D eigenvalue weighted by molar-refractivity contribution is 6.34. The molecule has 8 heteroatoms. The molecule has 0 radical (unpaired) electrons. The van der Waals surface area contributed by atoms with Gasteiger partial charge in [-0.2, -0.15) is 0 Å². The summed E-state index contributed by atoms with van der Waals surface area (Å²) in [4.78, 5) is 22.3. The number of hydrogen-bond acceptors (Lipinski definition) is 4. The summed E-state index contributed by atoms with van der Waals surface area (Å²) in [5.41, 5.74) is 1.14. The van der Waals surface area contributed by atoms with E-state index < -0.39 is 11.0 Å². The summed E-state index contributed by atoms with van der Waals surface area (Å²) in [5.74, 6) is -0.298. The molecule has 2 aromatic carbocycles. The zero-order chi connectivity index (χ0) is 17.7. The molecule has 0 aliphatic heterocycles. The number of nitro groups is 1. The van der Waals surface area contributed by atoms with Gasteiger partial charge in [0.2, 0.25) is 5.91 Å². The number of halogens is 2. The van der Waals surface area contributed by atoms with Crippen molar-refractivity contribution in [3.8, 4) is 0 Å². The van der Waals surface area contributed by atoms with Gasteiger partial charge < -0.3 is 10.6 Å². The predicted octanol–water partition coefficient (Wildman–Crippen LogP) is 4.02. The van der Waals surface area contributed by atoms with Crippen LogP contribution < -0.4 is 10.6 Å². The summed E-state index contributed by atoms with van der Waals surface area (Å²) < 4.78 is 0. The number of carbonyl (C=O) groups excluding carboxylic acids is 1. The molecule has 0 heterocycles. The molecule has 1 atom stereocenters. The Kier molecular flexibility index (Phi) is 6.14. The van der Waals surface area contributed by atoms with Crippen LogP contribution in [0.3, 0.4) is 0 Å². The van der Waals surface area contributed by atoms with Crippen molar-refractivity contribution in [3.05, 3.63) is 68.2 Å². The van der Waals surface area contributed by atoms with Crippen LogP contribution in [-0.2, 0) is 11.3 Å². The Labute approximate surface area is 148 Å². The first-order valence-electron chi connectivity index (χ1n) is 7.09. The molecule has 24 heavy (non-hydrogen) atoms. The molecule has 126 valence electrons. The summed E-state index contributed by atoms with van der Waals surface area (Å²) >= 11 is 11.9. The van der Waals surface area contributed by atoms with E-state index in [-0.39, 0.29) is 16.6 Å². The van der Waals surface area contributed by atoms with Crippen molar-refractivity contribution >= 4 is 40.5 Å². The number of carbonyl (C=O) groups is 1. The zero-order valence-corrected chi connectivity index (χ0v) is 14.3. The zero-order valence-electron chi connectivity index (χ0n) is 12.8. The molecule has 2 N–H and O–H groups in total. The Morgan fingerprint density at radius 3 is 2.62 bits per heavy atom. The largest absolute Gasteiger partial charge is 0.323 e. The van der Waals surface area contributed by atoms with Crippen molar-refractivity contribution in [3.63, 3.8) is 0 Å². The minimum Gasteiger partial charge on any atom is -0.323 e. The van der Waals surface area contributed by atoms with Gasteiger partial charge in [0, 0.05) is 23.7 Å². The summed E-state index contributed by atoms with van der Waals surface area (Å²) in [6, 6.07) is 10.7. The highest BCUT2D eigenvalue weighted by Gasteiger charge is 2.15. The molecular formula is C16H15Cl2N3O3. The third-order valence-electron chi connectivity index (χ3n) is 3.32. The quantitative estimate of drug-likeness (QED) is 0.596. The van der Waals surface area contributed by atoms with E-state index >= 15 is 0 Å². The Bertz CT molecular complexity index is 768. The maximum Gasteiger partial charge on any atom is 0.271 e. The number of nitrogens with zero attached hydrogens (tertiary/aromatic N) is 1. The number of benzene rings is 2. The van der Waals surface area contributed by atoms with E-state index in [1.165, 1.54) is 18.2 Å². The summed E-state index contributed by atoms with van der Waals surface area (Å²) in [6.07, 6.45) is 0. The van der Waals surface area contributed by atoms with Crippen LogP contribution in [0.15, 0.2) is 42.5 Å². The van der Waals surface area contributed by atoms with Crippen LogP contribution in [0.5, 0.6) is 0 Å². The maximum atomic E-state index is 12.2. The van der Waals surface area contributed by atoms with Gasteiger partial charge in [-0.3, -0.25) is 14.9 Å². The number of nitrogens with one attached hydrogen (secondary N) is 2. The van der Waals surface area contributed by atoms with Crippen molar-refractivity contribution in [1.82, 2.24) is 5.32 Å². The van der Waals surface area contributed by atoms with Gasteiger partial charge in [0.25, 0.3) is 5.69 Å². The maximum absolute atomic E-state index is 12.2. The molecule has 0 spiro atoms. The van der Waals surface area contributed by atoms with E-state index in [0.29, 0.717) is 17.3 Å². The number of anilines is 1. The normalized spacial score (nSPS) is 11.8. The van der Waals surface area contributed by atoms with Crippen molar-refractivity contribution in [2.24, 2.45) is 0 Å². The minimum atomic E-state index is -0.549. The van der Waals surface area contributed by atoms with Gasteiger partial charge in [-0.1, -0.05) is 35.3 Å². The SMILES string of the molecule is CC(NCc1cccc(Cl)c1)C(=O)Nc1ccc([N+](=O)[O-])cc1Cl. The highest BCUT2D eigenvalue weighted by atomic mass is 35.5. The molecule has 6 nitrogen and oxygen atoms in total. The van der Waals surface area contributed by atoms with Gasteiger partial charge in [0.15, 0.2) is 0 Å². The number of hydrogen-bond donors (Lipinski definition) is 2. The van der Waals surface area contributed by atoms with Crippen molar-refractivity contribution in [2.75, 3.05) is 5.32 Å². The third-order valence-corrected chi connectivity index (χ3v) is 3.86. The molecule has 0 aliphatic rings. The van der Waals surface area contributed by atoms with Crippen LogP contribution in [0.2, 0.25) is 10.0 Å². The molecule has 0 bridgehead atoms. The predicted molar refractivity (Wildman–Crippen MR) is 94.5 cm³/mol. The third kappa shape index (κ3) is 4.92. The number of rotatable bonds is 6. The molecule has 0 fully saturated rings. The van der Waals surface area contributed by atoms with Gasteiger partial charge in [-0.25, -0.2) is 0 Å². The fraction of sp³-hybridized carbons (Fsp3) is 0.188. The van der Waals surface area contributed by atoms with Crippen molar-refractivity contribution in [2.45, 2.75) is 19.5 Å². The van der Waals surface area contributed by atoms with Gasteiger partial charge in [0.1, 0.15) is 0 Å². The summed E-state index contributed by atoms with van der Waals surface area (Å²) in [7, 11) is 0. The van der Waals surface area contributed by atoms with E-state index in [1.54, 1.807) is 13.0 Å². The number of non-ortho nitro benzene ring substituents is 1. The topological polar surface area (TPSA) is 84.3 Å². The lowest BCUT2D eigenvalue weighted by Gasteiger charge is -2.15. The van der Waals surface area contributed by atoms with Crippen molar-refractivity contribution < 1.29 is 9.72 Å². The Balaban J connectivity index is 1.95. The van der Waals surface area contributed by atoms with Gasteiger partial charge in [-0.15, -0.1) is 0 Å². The second-order valence-electron chi connectivity index (χ2n) is 5.14. The molecule has 1 amide bonds. The fourth-order valence-electron chi connectivity index (χ4n) is 1.97. The first kappa shape index (κ1) is 18.2. The van der Waals surface area contributed by atoms with Crippen LogP contribution in [0, 0.1) is 10.1 Å². The molecule has 0 aliphatic carbocycles. The molecule has 0 saturated carbocycles. The summed E-state index contributed by atoms with van der Waals surface area (Å²) in [5, 5.41) is 17.1. The smallest absolute Gasteiger partial charge is 0.271 e. The van der Waals surface area contributed by atoms with Crippen LogP contribution >= 0.6 is 23.2 Å². The monoisotopic (exact) mass is 367 g/mol. The van der Waals surface area contributed by atoms with E-state index in [4.69, 9.17) is 23.2 Å². The Morgan fingerprint density at radius 1 is 1.25 bits per heavy atom. The number of amides is 1. The Hall–Kier alpha value is -2.15. The number of nitro benzene ring substituents is 1. The first-order chi connectivity index (χ1) is 11.4. The summed E-state index contributed by atoms with van der Waals surface area (Å²) in [6.45, 7) is 2.18. The lowest BCUT2D eigenvalue weighted by Crippen LogP contribution is -2.37. The average Bonchev–Trinajstić information content (AvgIpc) is 2.54. The Morgan fingerprint density at radius 2 is 2.00 bits per heavy atom. The molecule has 0 aromatic heterocycles. The van der Waals surface area contributed by atoms with Crippen LogP contribution in [0.25, 0.3) is 0 Å². The van der Waals surface area contributed by atoms with Gasteiger partial charge in [0.05, 0.1) is 21.7 Å². The molecule has 1 unspecified atom stereocenters. The lowest BCUT2D eigenvalue weighted by atomic mass is 10.2. The second kappa shape index (κ2) is 8.10. The highest BCUT2D eigenvalue weighted by Crippen LogP contribution is 2.26.